The van der Waals surface area contributed by atoms with Crippen molar-refractivity contribution in [2.75, 3.05) is 0 Å². The van der Waals surface area contributed by atoms with Gasteiger partial charge in [0.1, 0.15) is 16.7 Å². The topological polar surface area (TPSA) is 97.3 Å². The van der Waals surface area contributed by atoms with Gasteiger partial charge in [0.05, 0.1) is 17.6 Å². The number of rotatable bonds is 5. The van der Waals surface area contributed by atoms with Crippen LogP contribution in [0.4, 0.5) is 0 Å². The third-order valence-electron chi connectivity index (χ3n) is 4.11. The lowest BCUT2D eigenvalue weighted by Crippen LogP contribution is -2.14. The molecule has 0 unspecified atom stereocenters. The molecule has 9 heteroatoms. The molecule has 0 aliphatic heterocycles. The molecule has 0 spiro atoms. The molecular formula is C19H18N6OS2. The minimum Gasteiger partial charge on any atom is -0.310 e. The van der Waals surface area contributed by atoms with Gasteiger partial charge in [-0.1, -0.05) is 35.2 Å². The van der Waals surface area contributed by atoms with Crippen LogP contribution in [0.2, 0.25) is 0 Å². The van der Waals surface area contributed by atoms with E-state index in [2.05, 4.69) is 36.2 Å². The largest absolute Gasteiger partial charge is 0.310 e. The fourth-order valence-corrected chi connectivity index (χ4v) is 4.59. The summed E-state index contributed by atoms with van der Waals surface area (Å²) < 4.78 is 0.866. The third kappa shape index (κ3) is 4.26. The molecule has 4 rings (SSSR count). The van der Waals surface area contributed by atoms with Gasteiger partial charge in [-0.05, 0) is 32.4 Å². The van der Waals surface area contributed by atoms with Gasteiger partial charge in [-0.2, -0.15) is 0 Å². The number of hydrogen-bond donors (Lipinski definition) is 1. The van der Waals surface area contributed by atoms with E-state index in [0.717, 1.165) is 31.5 Å². The Kier molecular flexibility index (Phi) is 5.19. The highest BCUT2D eigenvalue weighted by Gasteiger charge is 2.10. The number of aryl methyl sites for hydroxylation is 3. The number of nitrogens with zero attached hydrogens (tertiary/aromatic N) is 5. The number of thioether (sulfide) groups is 1. The van der Waals surface area contributed by atoms with Crippen molar-refractivity contribution in [3.63, 3.8) is 0 Å². The van der Waals surface area contributed by atoms with Crippen molar-refractivity contribution in [1.29, 1.82) is 0 Å². The zero-order chi connectivity index (χ0) is 19.7. The number of benzene rings is 1. The molecule has 0 bridgehead atoms. The van der Waals surface area contributed by atoms with Gasteiger partial charge in [-0.25, -0.2) is 15.0 Å². The fraction of sp³-hybridized carbons (Fsp3) is 0.263. The van der Waals surface area contributed by atoms with E-state index in [1.807, 2.05) is 32.9 Å². The van der Waals surface area contributed by atoms with Gasteiger partial charge in [0.2, 0.25) is 0 Å². The molecule has 3 aromatic heterocycles. The number of H-pyrrole nitrogens is 1. The van der Waals surface area contributed by atoms with E-state index in [9.17, 15) is 4.79 Å². The first kappa shape index (κ1) is 18.7. The Morgan fingerprint density at radius 2 is 1.93 bits per heavy atom. The van der Waals surface area contributed by atoms with Crippen LogP contribution < -0.4 is 5.56 Å². The monoisotopic (exact) mass is 410 g/mol. The second-order valence-corrected chi connectivity index (χ2v) is 8.89. The Hall–Kier alpha value is -2.65. The maximum Gasteiger partial charge on any atom is 0.251 e. The minimum absolute atomic E-state index is 0.178. The molecule has 7 nitrogen and oxygen atoms in total. The Bertz CT molecular complexity index is 1220. The van der Waals surface area contributed by atoms with Gasteiger partial charge in [0, 0.05) is 22.9 Å². The summed E-state index contributed by atoms with van der Waals surface area (Å²) in [6.45, 7) is 5.92. The van der Waals surface area contributed by atoms with E-state index in [0.29, 0.717) is 29.5 Å². The molecule has 0 amide bonds. The number of nitrogens with one attached hydrogen (secondary N) is 1. The van der Waals surface area contributed by atoms with Gasteiger partial charge in [-0.15, -0.1) is 10.2 Å². The van der Waals surface area contributed by atoms with Crippen LogP contribution in [0.5, 0.6) is 0 Å². The summed E-state index contributed by atoms with van der Waals surface area (Å²) in [5, 5.41) is 10.0. The molecule has 28 heavy (non-hydrogen) atoms. The summed E-state index contributed by atoms with van der Waals surface area (Å²) >= 11 is 3.05. The predicted molar refractivity (Wildman–Crippen MR) is 111 cm³/mol. The zero-order valence-electron chi connectivity index (χ0n) is 15.7. The van der Waals surface area contributed by atoms with Crippen LogP contribution in [0, 0.1) is 20.8 Å². The Labute approximate surface area is 169 Å². The molecule has 0 saturated carbocycles. The van der Waals surface area contributed by atoms with Crippen molar-refractivity contribution in [3.05, 3.63) is 68.2 Å². The summed E-state index contributed by atoms with van der Waals surface area (Å²) in [5.41, 5.74) is 3.49. The molecule has 0 atom stereocenters. The average Bonchev–Trinajstić information content (AvgIpc) is 3.04. The summed E-state index contributed by atoms with van der Waals surface area (Å²) in [4.78, 5) is 28.7. The summed E-state index contributed by atoms with van der Waals surface area (Å²) in [6.07, 6.45) is 0.371. The molecule has 142 valence electrons. The summed E-state index contributed by atoms with van der Waals surface area (Å²) in [6, 6.07) is 7.65. The first-order valence-electron chi connectivity index (χ1n) is 8.72. The van der Waals surface area contributed by atoms with Crippen molar-refractivity contribution in [2.45, 2.75) is 37.3 Å². The van der Waals surface area contributed by atoms with E-state index >= 15 is 0 Å². The SMILES string of the molecule is Cc1ccc2c(C)nc(Cc3nc(CSc4nnc(C)s4)cc(=O)[nH]3)nc2c1. The second kappa shape index (κ2) is 7.76. The number of aromatic amines is 1. The lowest BCUT2D eigenvalue weighted by atomic mass is 10.1. The second-order valence-electron chi connectivity index (χ2n) is 6.48. The lowest BCUT2D eigenvalue weighted by molar-refractivity contribution is 0.863. The van der Waals surface area contributed by atoms with E-state index in [4.69, 9.17) is 0 Å². The zero-order valence-corrected chi connectivity index (χ0v) is 17.3. The summed E-state index contributed by atoms with van der Waals surface area (Å²) in [7, 11) is 0. The Morgan fingerprint density at radius 3 is 2.71 bits per heavy atom. The lowest BCUT2D eigenvalue weighted by Gasteiger charge is -2.07. The van der Waals surface area contributed by atoms with Crippen LogP contribution in [-0.4, -0.2) is 30.1 Å². The molecule has 4 aromatic rings. The maximum absolute atomic E-state index is 12.1. The van der Waals surface area contributed by atoms with Crippen molar-refractivity contribution in [2.24, 2.45) is 0 Å². The van der Waals surface area contributed by atoms with Crippen LogP contribution in [0.15, 0.2) is 33.4 Å². The number of fused-ring (bicyclic) bond motifs is 1. The van der Waals surface area contributed by atoms with Crippen molar-refractivity contribution in [3.8, 4) is 0 Å². The number of aromatic nitrogens is 6. The molecule has 0 aliphatic rings. The summed E-state index contributed by atoms with van der Waals surface area (Å²) in [5.74, 6) is 1.76. The standard InChI is InChI=1S/C19H18N6OS2/c1-10-4-5-14-11(2)20-16(22-15(14)6-10)8-17-21-13(7-18(26)23-17)9-27-19-25-24-12(3)28-19/h4-7H,8-9H2,1-3H3,(H,21,23,26). The highest BCUT2D eigenvalue weighted by atomic mass is 32.2. The maximum atomic E-state index is 12.1. The van der Waals surface area contributed by atoms with Gasteiger partial charge in [0.15, 0.2) is 4.34 Å². The molecule has 3 heterocycles. The average molecular weight is 411 g/mol. The number of hydrogen-bond acceptors (Lipinski definition) is 8. The minimum atomic E-state index is -0.178. The van der Waals surface area contributed by atoms with E-state index < -0.39 is 0 Å². The first-order valence-corrected chi connectivity index (χ1v) is 10.5. The van der Waals surface area contributed by atoms with E-state index in [1.165, 1.54) is 29.2 Å². The molecule has 1 aromatic carbocycles. The van der Waals surface area contributed by atoms with Crippen molar-refractivity contribution < 1.29 is 0 Å². The van der Waals surface area contributed by atoms with Crippen molar-refractivity contribution >= 4 is 34.0 Å². The van der Waals surface area contributed by atoms with Gasteiger partial charge in [-0.3, -0.25) is 4.79 Å². The Morgan fingerprint density at radius 1 is 1.07 bits per heavy atom. The fourth-order valence-electron chi connectivity index (χ4n) is 2.88. The first-order chi connectivity index (χ1) is 13.5. The molecule has 0 saturated heterocycles. The normalized spacial score (nSPS) is 11.2. The molecular weight excluding hydrogens is 392 g/mol. The van der Waals surface area contributed by atoms with Crippen LogP contribution in [0.25, 0.3) is 10.9 Å². The van der Waals surface area contributed by atoms with Gasteiger partial charge >= 0.3 is 0 Å². The molecule has 0 radical (unpaired) electrons. The molecule has 0 aliphatic carbocycles. The third-order valence-corrected chi connectivity index (χ3v) is 6.12. The van der Waals surface area contributed by atoms with Crippen LogP contribution in [-0.2, 0) is 12.2 Å². The van der Waals surface area contributed by atoms with E-state index in [1.54, 1.807) is 0 Å². The molecule has 1 N–H and O–H groups in total. The van der Waals surface area contributed by atoms with Crippen molar-refractivity contribution in [1.82, 2.24) is 30.1 Å². The highest BCUT2D eigenvalue weighted by Crippen LogP contribution is 2.24. The van der Waals surface area contributed by atoms with E-state index in [-0.39, 0.29) is 5.56 Å². The quantitative estimate of drug-likeness (QED) is 0.504. The predicted octanol–water partition coefficient (Wildman–Crippen LogP) is 3.37. The van der Waals surface area contributed by atoms with Gasteiger partial charge < -0.3 is 4.98 Å². The highest BCUT2D eigenvalue weighted by molar-refractivity contribution is 8.00. The Balaban J connectivity index is 1.58. The van der Waals surface area contributed by atoms with Crippen LogP contribution in [0.1, 0.15) is 33.6 Å². The van der Waals surface area contributed by atoms with Crippen LogP contribution in [0.3, 0.4) is 0 Å². The molecule has 0 fully saturated rings. The van der Waals surface area contributed by atoms with Crippen LogP contribution >= 0.6 is 23.1 Å². The van der Waals surface area contributed by atoms with Gasteiger partial charge in [0.25, 0.3) is 5.56 Å². The smallest absolute Gasteiger partial charge is 0.251 e.